The van der Waals surface area contributed by atoms with E-state index >= 15 is 0 Å². The monoisotopic (exact) mass is 444 g/mol. The number of hydrogen-bond donors (Lipinski definition) is 1. The highest BCUT2D eigenvalue weighted by Crippen LogP contribution is 2.25. The van der Waals surface area contributed by atoms with Crippen molar-refractivity contribution in [3.63, 3.8) is 0 Å². The number of hydrogen-bond acceptors (Lipinski definition) is 3. The van der Waals surface area contributed by atoms with Crippen LogP contribution in [-0.2, 0) is 19.5 Å². The lowest BCUT2D eigenvalue weighted by molar-refractivity contribution is 0.241. The number of rotatable bonds is 4. The Morgan fingerprint density at radius 2 is 1.81 bits per heavy atom. The third-order valence-electron chi connectivity index (χ3n) is 6.21. The molecule has 6 heteroatoms. The minimum absolute atomic E-state index is 0.0561. The van der Waals surface area contributed by atoms with Gasteiger partial charge in [-0.05, 0) is 61.9 Å². The summed E-state index contributed by atoms with van der Waals surface area (Å²) < 4.78 is 2.29. The average Bonchev–Trinajstić information content (AvgIpc) is 3.07. The fourth-order valence-corrected chi connectivity index (χ4v) is 4.69. The molecule has 0 amide bonds. The maximum absolute atomic E-state index is 12.9. The molecule has 5 nitrogen and oxygen atoms in total. The van der Waals surface area contributed by atoms with E-state index in [9.17, 15) is 4.79 Å². The molecule has 5 rings (SSSR count). The van der Waals surface area contributed by atoms with Gasteiger partial charge in [-0.1, -0.05) is 29.8 Å². The van der Waals surface area contributed by atoms with Gasteiger partial charge in [-0.2, -0.15) is 0 Å². The first-order valence-corrected chi connectivity index (χ1v) is 11.2. The number of benzene rings is 2. The van der Waals surface area contributed by atoms with Gasteiger partial charge < -0.3 is 9.55 Å². The van der Waals surface area contributed by atoms with Crippen LogP contribution in [0, 0.1) is 13.8 Å². The van der Waals surface area contributed by atoms with Crippen molar-refractivity contribution in [1.29, 1.82) is 0 Å². The van der Waals surface area contributed by atoms with E-state index < -0.39 is 0 Å². The quantitative estimate of drug-likeness (QED) is 0.479. The molecule has 0 fully saturated rings. The zero-order chi connectivity index (χ0) is 22.2. The third kappa shape index (κ3) is 3.90. The van der Waals surface area contributed by atoms with E-state index in [1.54, 1.807) is 0 Å². The van der Waals surface area contributed by atoms with Gasteiger partial charge in [0, 0.05) is 53.7 Å². The van der Waals surface area contributed by atoms with E-state index in [1.165, 1.54) is 22.6 Å². The molecule has 1 aliphatic heterocycles. The van der Waals surface area contributed by atoms with Crippen molar-refractivity contribution < 1.29 is 0 Å². The van der Waals surface area contributed by atoms with Crippen molar-refractivity contribution in [3.05, 3.63) is 104 Å². The molecule has 0 saturated heterocycles. The van der Waals surface area contributed by atoms with Crippen molar-refractivity contribution >= 4 is 11.6 Å². The predicted molar refractivity (Wildman–Crippen MR) is 128 cm³/mol. The molecule has 2 aromatic carbocycles. The number of H-pyrrole nitrogens is 1. The van der Waals surface area contributed by atoms with Crippen LogP contribution in [-0.4, -0.2) is 26.0 Å². The number of halogens is 1. The number of nitrogens with one attached hydrogen (secondary N) is 1. The summed E-state index contributed by atoms with van der Waals surface area (Å²) in [7, 11) is 0. The van der Waals surface area contributed by atoms with Gasteiger partial charge in [-0.25, -0.2) is 4.98 Å². The molecule has 0 bridgehead atoms. The van der Waals surface area contributed by atoms with E-state index in [2.05, 4.69) is 58.6 Å². The molecule has 1 aliphatic rings. The van der Waals surface area contributed by atoms with Gasteiger partial charge in [0.05, 0.1) is 11.3 Å². The molecule has 0 saturated carbocycles. The van der Waals surface area contributed by atoms with E-state index in [0.717, 1.165) is 36.3 Å². The molecule has 0 unspecified atom stereocenters. The smallest absolute Gasteiger partial charge is 0.255 e. The highest BCUT2D eigenvalue weighted by atomic mass is 35.5. The molecular formula is C26H25ClN4O. The first-order valence-electron chi connectivity index (χ1n) is 10.8. The summed E-state index contributed by atoms with van der Waals surface area (Å²) in [5.41, 5.74) is 7.39. The van der Waals surface area contributed by atoms with Gasteiger partial charge in [0.25, 0.3) is 5.56 Å². The zero-order valence-corrected chi connectivity index (χ0v) is 19.0. The van der Waals surface area contributed by atoms with Crippen LogP contribution in [0.5, 0.6) is 0 Å². The van der Waals surface area contributed by atoms with Crippen LogP contribution in [0.4, 0.5) is 0 Å². The number of nitrogens with zero attached hydrogens (tertiary/aromatic N) is 3. The maximum Gasteiger partial charge on any atom is 0.255 e. The van der Waals surface area contributed by atoms with Crippen LogP contribution in [0.25, 0.3) is 17.1 Å². The Hall–Kier alpha value is -3.15. The topological polar surface area (TPSA) is 53.9 Å². The van der Waals surface area contributed by atoms with Crippen molar-refractivity contribution in [2.75, 3.05) is 6.54 Å². The lowest BCUT2D eigenvalue weighted by atomic mass is 10.1. The van der Waals surface area contributed by atoms with Gasteiger partial charge in [0.15, 0.2) is 0 Å². The van der Waals surface area contributed by atoms with Gasteiger partial charge in [-0.3, -0.25) is 9.69 Å². The fraction of sp³-hybridized carbons (Fsp3) is 0.231. The van der Waals surface area contributed by atoms with Crippen molar-refractivity contribution in [2.45, 2.75) is 33.4 Å². The number of aryl methyl sites for hydroxylation is 1. The first-order chi connectivity index (χ1) is 15.5. The number of para-hydroxylation sites is 1. The Kier molecular flexibility index (Phi) is 5.45. The second kappa shape index (κ2) is 8.41. The Morgan fingerprint density at radius 3 is 2.56 bits per heavy atom. The Labute approximate surface area is 192 Å². The zero-order valence-electron chi connectivity index (χ0n) is 18.2. The second-order valence-corrected chi connectivity index (χ2v) is 8.81. The second-order valence-electron chi connectivity index (χ2n) is 8.37. The van der Waals surface area contributed by atoms with Crippen molar-refractivity contribution in [2.24, 2.45) is 0 Å². The highest BCUT2D eigenvalue weighted by Gasteiger charge is 2.23. The van der Waals surface area contributed by atoms with Crippen LogP contribution in [0.15, 0.2) is 65.5 Å². The summed E-state index contributed by atoms with van der Waals surface area (Å²) in [6.07, 6.45) is 0.761. The standard InChI is InChI=1S/C26H25ClN4O/c1-17-14-20(18(2)31(17)22-6-4-3-5-7-22)15-30-13-12-24-23(16-30)26(32)29-25(28-24)19-8-10-21(27)11-9-19/h3-11,14H,12-13,15-16H2,1-2H3,(H,28,29,32). The molecule has 3 heterocycles. The number of fused-ring (bicyclic) bond motifs is 1. The summed E-state index contributed by atoms with van der Waals surface area (Å²) in [5.74, 6) is 0.602. The number of aromatic amines is 1. The molecule has 32 heavy (non-hydrogen) atoms. The van der Waals surface area contributed by atoms with Crippen molar-refractivity contribution in [1.82, 2.24) is 19.4 Å². The van der Waals surface area contributed by atoms with Gasteiger partial charge in [0.2, 0.25) is 0 Å². The van der Waals surface area contributed by atoms with E-state index in [4.69, 9.17) is 16.6 Å². The molecule has 0 atom stereocenters. The molecule has 0 spiro atoms. The minimum atomic E-state index is -0.0561. The van der Waals surface area contributed by atoms with Crippen molar-refractivity contribution in [3.8, 4) is 17.1 Å². The van der Waals surface area contributed by atoms with Gasteiger partial charge >= 0.3 is 0 Å². The molecular weight excluding hydrogens is 420 g/mol. The van der Waals surface area contributed by atoms with Gasteiger partial charge in [-0.15, -0.1) is 0 Å². The molecule has 162 valence electrons. The SMILES string of the molecule is Cc1cc(CN2CCc3nc(-c4ccc(Cl)cc4)[nH]c(=O)c3C2)c(C)n1-c1ccccc1. The fourth-order valence-electron chi connectivity index (χ4n) is 4.56. The Bertz CT molecular complexity index is 1320. The summed E-state index contributed by atoms with van der Waals surface area (Å²) in [6.45, 7) is 6.60. The maximum atomic E-state index is 12.9. The largest absolute Gasteiger partial charge is 0.318 e. The van der Waals surface area contributed by atoms with Gasteiger partial charge in [0.1, 0.15) is 5.82 Å². The van der Waals surface area contributed by atoms with E-state index in [1.807, 2.05) is 30.3 Å². The normalized spacial score (nSPS) is 13.8. The minimum Gasteiger partial charge on any atom is -0.318 e. The van der Waals surface area contributed by atoms with Crippen LogP contribution in [0.1, 0.15) is 28.2 Å². The Balaban J connectivity index is 1.39. The van der Waals surface area contributed by atoms with E-state index in [0.29, 0.717) is 17.4 Å². The Morgan fingerprint density at radius 1 is 1.06 bits per heavy atom. The lowest BCUT2D eigenvalue weighted by Crippen LogP contribution is -2.35. The highest BCUT2D eigenvalue weighted by molar-refractivity contribution is 6.30. The summed E-state index contributed by atoms with van der Waals surface area (Å²) >= 11 is 5.99. The van der Waals surface area contributed by atoms with Crippen LogP contribution in [0.2, 0.25) is 5.02 Å². The molecule has 0 radical (unpaired) electrons. The van der Waals surface area contributed by atoms with Crippen LogP contribution in [0.3, 0.4) is 0 Å². The molecule has 0 aliphatic carbocycles. The molecule has 1 N–H and O–H groups in total. The summed E-state index contributed by atoms with van der Waals surface area (Å²) in [4.78, 5) is 22.9. The van der Waals surface area contributed by atoms with Crippen LogP contribution < -0.4 is 5.56 Å². The number of aromatic nitrogens is 3. The molecule has 4 aromatic rings. The third-order valence-corrected chi connectivity index (χ3v) is 6.46. The van der Waals surface area contributed by atoms with E-state index in [-0.39, 0.29) is 5.56 Å². The van der Waals surface area contributed by atoms with Crippen LogP contribution >= 0.6 is 11.6 Å². The average molecular weight is 445 g/mol. The first kappa shape index (κ1) is 20.7. The molecule has 2 aromatic heterocycles. The summed E-state index contributed by atoms with van der Waals surface area (Å²) in [6, 6.07) is 20.1. The summed E-state index contributed by atoms with van der Waals surface area (Å²) in [5, 5.41) is 0.663. The lowest BCUT2D eigenvalue weighted by Gasteiger charge is -2.27. The predicted octanol–water partition coefficient (Wildman–Crippen LogP) is 5.06.